The number of benzene rings is 2. The van der Waals surface area contributed by atoms with Crippen molar-refractivity contribution in [1.82, 2.24) is 9.71 Å². The Balaban J connectivity index is 1.46. The molecule has 156 valence electrons. The third-order valence-corrected chi connectivity index (χ3v) is 7.69. The van der Waals surface area contributed by atoms with Crippen molar-refractivity contribution in [3.63, 3.8) is 0 Å². The van der Waals surface area contributed by atoms with Gasteiger partial charge >= 0.3 is 0 Å². The molecular weight excluding hydrogens is 442 g/mol. The molecule has 0 radical (unpaired) electrons. The predicted octanol–water partition coefficient (Wildman–Crippen LogP) is 4.39. The highest BCUT2D eigenvalue weighted by atomic mass is 35.5. The number of thiazole rings is 1. The monoisotopic (exact) mass is 461 g/mol. The number of amides is 1. The normalized spacial score (nSPS) is 13.9. The van der Waals surface area contributed by atoms with Gasteiger partial charge in [-0.15, -0.1) is 11.3 Å². The van der Waals surface area contributed by atoms with E-state index >= 15 is 0 Å². The van der Waals surface area contributed by atoms with Gasteiger partial charge in [-0.25, -0.2) is 18.1 Å². The number of nitrogens with one attached hydrogen (secondary N) is 2. The van der Waals surface area contributed by atoms with Gasteiger partial charge in [0.05, 0.1) is 4.90 Å². The number of aromatic nitrogens is 1. The summed E-state index contributed by atoms with van der Waals surface area (Å²) < 4.78 is 27.4. The zero-order valence-electron chi connectivity index (χ0n) is 16.2. The smallest absolute Gasteiger partial charge is 0.257 e. The fourth-order valence-electron chi connectivity index (χ4n) is 2.94. The Bertz CT molecular complexity index is 1200. The van der Waals surface area contributed by atoms with Crippen molar-refractivity contribution in [2.45, 2.75) is 37.1 Å². The van der Waals surface area contributed by atoms with E-state index < -0.39 is 15.9 Å². The van der Waals surface area contributed by atoms with Crippen molar-refractivity contribution >= 4 is 44.0 Å². The van der Waals surface area contributed by atoms with Crippen molar-refractivity contribution in [1.29, 1.82) is 0 Å². The van der Waals surface area contributed by atoms with Crippen molar-refractivity contribution < 1.29 is 13.2 Å². The molecule has 1 aromatic heterocycles. The molecule has 1 aliphatic carbocycles. The van der Waals surface area contributed by atoms with Gasteiger partial charge in [-0.1, -0.05) is 35.9 Å². The van der Waals surface area contributed by atoms with Crippen LogP contribution in [0.5, 0.6) is 0 Å². The molecule has 1 fully saturated rings. The van der Waals surface area contributed by atoms with E-state index in [2.05, 4.69) is 15.0 Å². The van der Waals surface area contributed by atoms with Crippen molar-refractivity contribution in [2.75, 3.05) is 5.32 Å². The van der Waals surface area contributed by atoms with Gasteiger partial charge in [0.15, 0.2) is 5.13 Å². The standard InChI is InChI=1S/C21H20ClN3O3S2/c1-13-4-2-5-14(19(13)22)10-17-12-23-21(29-17)24-20(26)15-6-3-7-18(11-15)30(27,28)25-16-8-9-16/h2-7,11-12,16,25H,8-10H2,1H3,(H,23,24,26). The van der Waals surface area contributed by atoms with E-state index in [0.717, 1.165) is 33.9 Å². The number of halogens is 1. The second-order valence-electron chi connectivity index (χ2n) is 7.23. The number of carbonyl (C=O) groups excluding carboxylic acids is 1. The molecule has 0 bridgehead atoms. The first-order chi connectivity index (χ1) is 14.3. The lowest BCUT2D eigenvalue weighted by Crippen LogP contribution is -2.26. The molecule has 0 aliphatic heterocycles. The number of rotatable bonds is 7. The Morgan fingerprint density at radius 1 is 1.23 bits per heavy atom. The number of sulfonamides is 1. The lowest BCUT2D eigenvalue weighted by molar-refractivity contribution is 0.102. The molecule has 0 spiro atoms. The van der Waals surface area contributed by atoms with Crippen LogP contribution in [0, 0.1) is 6.92 Å². The minimum atomic E-state index is -3.62. The van der Waals surface area contributed by atoms with E-state index in [1.54, 1.807) is 18.3 Å². The van der Waals surface area contributed by atoms with Gasteiger partial charge in [-0.05, 0) is 49.1 Å². The van der Waals surface area contributed by atoms with Crippen LogP contribution in [0.25, 0.3) is 0 Å². The van der Waals surface area contributed by atoms with Gasteiger partial charge in [0, 0.05) is 34.1 Å². The highest BCUT2D eigenvalue weighted by molar-refractivity contribution is 7.89. The van der Waals surface area contributed by atoms with E-state index in [-0.39, 0.29) is 16.5 Å². The first-order valence-electron chi connectivity index (χ1n) is 9.44. The summed E-state index contributed by atoms with van der Waals surface area (Å²) in [4.78, 5) is 17.9. The fourth-order valence-corrected chi connectivity index (χ4v) is 5.32. The Kier molecular flexibility index (Phi) is 5.92. The van der Waals surface area contributed by atoms with E-state index in [4.69, 9.17) is 11.6 Å². The number of hydrogen-bond donors (Lipinski definition) is 2. The highest BCUT2D eigenvalue weighted by Crippen LogP contribution is 2.27. The summed E-state index contributed by atoms with van der Waals surface area (Å²) in [7, 11) is -3.62. The summed E-state index contributed by atoms with van der Waals surface area (Å²) in [6, 6.07) is 11.9. The van der Waals surface area contributed by atoms with E-state index in [9.17, 15) is 13.2 Å². The van der Waals surface area contributed by atoms with Crippen LogP contribution in [0.1, 0.15) is 39.2 Å². The molecule has 1 heterocycles. The van der Waals surface area contributed by atoms with Gasteiger partial charge in [0.1, 0.15) is 0 Å². The van der Waals surface area contributed by atoms with Gasteiger partial charge < -0.3 is 0 Å². The summed E-state index contributed by atoms with van der Waals surface area (Å²) in [6.07, 6.45) is 4.02. The zero-order chi connectivity index (χ0) is 21.3. The molecule has 0 unspecified atom stereocenters. The molecule has 6 nitrogen and oxygen atoms in total. The maximum Gasteiger partial charge on any atom is 0.257 e. The summed E-state index contributed by atoms with van der Waals surface area (Å²) in [6.45, 7) is 1.96. The third kappa shape index (κ3) is 4.89. The van der Waals surface area contributed by atoms with Crippen LogP contribution in [-0.2, 0) is 16.4 Å². The average molecular weight is 462 g/mol. The van der Waals surface area contributed by atoms with Gasteiger partial charge in [0.25, 0.3) is 5.91 Å². The van der Waals surface area contributed by atoms with Crippen LogP contribution in [0.15, 0.2) is 53.6 Å². The van der Waals surface area contributed by atoms with Gasteiger partial charge in [0.2, 0.25) is 10.0 Å². The van der Waals surface area contributed by atoms with Gasteiger partial charge in [-0.3, -0.25) is 10.1 Å². The summed E-state index contributed by atoms with van der Waals surface area (Å²) in [5.74, 6) is -0.409. The minimum Gasteiger partial charge on any atom is -0.298 e. The number of nitrogens with zero attached hydrogens (tertiary/aromatic N) is 1. The highest BCUT2D eigenvalue weighted by Gasteiger charge is 2.28. The molecule has 4 rings (SSSR count). The van der Waals surface area contributed by atoms with Crippen LogP contribution < -0.4 is 10.0 Å². The Labute approximate surface area is 184 Å². The summed E-state index contributed by atoms with van der Waals surface area (Å²) >= 11 is 7.72. The molecule has 3 aromatic rings. The molecule has 0 saturated heterocycles. The van der Waals surface area contributed by atoms with Crippen LogP contribution in [0.2, 0.25) is 5.02 Å². The Morgan fingerprint density at radius 2 is 2.00 bits per heavy atom. The summed E-state index contributed by atoms with van der Waals surface area (Å²) in [5.41, 5.74) is 2.27. The first-order valence-corrected chi connectivity index (χ1v) is 12.1. The number of anilines is 1. The van der Waals surface area contributed by atoms with Crippen molar-refractivity contribution in [3.8, 4) is 0 Å². The minimum absolute atomic E-state index is 0.00290. The maximum atomic E-state index is 12.6. The molecule has 30 heavy (non-hydrogen) atoms. The molecule has 1 aliphatic rings. The average Bonchev–Trinajstić information content (AvgIpc) is 3.41. The molecule has 0 atom stereocenters. The Morgan fingerprint density at radius 3 is 2.77 bits per heavy atom. The third-order valence-electron chi connectivity index (χ3n) is 4.72. The van der Waals surface area contributed by atoms with Crippen LogP contribution in [-0.4, -0.2) is 25.4 Å². The fraction of sp³-hybridized carbons (Fsp3) is 0.238. The number of carbonyl (C=O) groups is 1. The van der Waals surface area contributed by atoms with Crippen LogP contribution in [0.4, 0.5) is 5.13 Å². The second kappa shape index (κ2) is 8.47. The number of hydrogen-bond acceptors (Lipinski definition) is 5. The molecule has 1 amide bonds. The van der Waals surface area contributed by atoms with E-state index in [0.29, 0.717) is 11.6 Å². The lowest BCUT2D eigenvalue weighted by Gasteiger charge is -2.07. The maximum absolute atomic E-state index is 12.6. The predicted molar refractivity (Wildman–Crippen MR) is 119 cm³/mol. The van der Waals surface area contributed by atoms with Crippen molar-refractivity contribution in [2.24, 2.45) is 0 Å². The Hall–Kier alpha value is -2.26. The van der Waals surface area contributed by atoms with Crippen LogP contribution in [0.3, 0.4) is 0 Å². The van der Waals surface area contributed by atoms with Gasteiger partial charge in [-0.2, -0.15) is 0 Å². The zero-order valence-corrected chi connectivity index (χ0v) is 18.6. The molecular formula is C21H20ClN3O3S2. The topological polar surface area (TPSA) is 88.2 Å². The molecule has 2 N–H and O–H groups in total. The van der Waals surface area contributed by atoms with E-state index in [1.807, 2.05) is 25.1 Å². The largest absolute Gasteiger partial charge is 0.298 e. The quantitative estimate of drug-likeness (QED) is 0.546. The lowest BCUT2D eigenvalue weighted by atomic mass is 10.1. The molecule has 2 aromatic carbocycles. The van der Waals surface area contributed by atoms with Crippen molar-refractivity contribution in [3.05, 3.63) is 75.3 Å². The molecule has 1 saturated carbocycles. The second-order valence-corrected chi connectivity index (χ2v) is 10.4. The SMILES string of the molecule is Cc1cccc(Cc2cnc(NC(=O)c3cccc(S(=O)(=O)NC4CC4)c3)s2)c1Cl. The number of aryl methyl sites for hydroxylation is 1. The summed E-state index contributed by atoms with van der Waals surface area (Å²) in [5, 5.41) is 3.92. The van der Waals surface area contributed by atoms with Crippen LogP contribution >= 0.6 is 22.9 Å². The molecule has 9 heteroatoms. The first kappa shape index (κ1) is 21.0. The van der Waals surface area contributed by atoms with E-state index in [1.165, 1.54) is 23.5 Å².